The van der Waals surface area contributed by atoms with E-state index in [0.717, 1.165) is 30.0 Å². The minimum absolute atomic E-state index is 0.664. The van der Waals surface area contributed by atoms with Crippen molar-refractivity contribution in [3.8, 4) is 0 Å². The Morgan fingerprint density at radius 2 is 2.21 bits per heavy atom. The van der Waals surface area contributed by atoms with E-state index in [-0.39, 0.29) is 0 Å². The molecule has 1 aliphatic heterocycles. The van der Waals surface area contributed by atoms with Crippen LogP contribution in [0.1, 0.15) is 35.8 Å². The Balaban J connectivity index is 2.11. The van der Waals surface area contributed by atoms with Gasteiger partial charge >= 0.3 is 0 Å². The van der Waals surface area contributed by atoms with E-state index in [2.05, 4.69) is 15.3 Å². The lowest BCUT2D eigenvalue weighted by atomic mass is 10.1. The van der Waals surface area contributed by atoms with Crippen LogP contribution in [0.15, 0.2) is 0 Å². The van der Waals surface area contributed by atoms with Crippen LogP contribution in [0.25, 0.3) is 0 Å². The number of nitrogens with zero attached hydrogens (tertiary/aromatic N) is 1. The van der Waals surface area contributed by atoms with Gasteiger partial charge < -0.3 is 10.3 Å². The summed E-state index contributed by atoms with van der Waals surface area (Å²) in [7, 11) is 0. The maximum atomic E-state index is 5.30. The summed E-state index contributed by atoms with van der Waals surface area (Å²) in [5, 5.41) is 3.32. The number of aromatic nitrogens is 2. The smallest absolute Gasteiger partial charge is 0.134 e. The van der Waals surface area contributed by atoms with Crippen molar-refractivity contribution in [1.82, 2.24) is 15.3 Å². The minimum atomic E-state index is 0.664. The fourth-order valence-corrected chi connectivity index (χ4v) is 2.23. The van der Waals surface area contributed by atoms with Gasteiger partial charge in [0.05, 0.1) is 0 Å². The highest BCUT2D eigenvalue weighted by molar-refractivity contribution is 7.71. The molecular formula is C10H13N3S. The Morgan fingerprint density at radius 3 is 3.00 bits per heavy atom. The highest BCUT2D eigenvalue weighted by Crippen LogP contribution is 2.38. The fraction of sp³-hybridized carbons (Fsp3) is 0.600. The van der Waals surface area contributed by atoms with Gasteiger partial charge in [-0.25, -0.2) is 4.98 Å². The van der Waals surface area contributed by atoms with Crippen LogP contribution < -0.4 is 5.32 Å². The number of rotatable bonds is 1. The second kappa shape index (κ2) is 3.14. The van der Waals surface area contributed by atoms with E-state index in [1.54, 1.807) is 0 Å². The summed E-state index contributed by atoms with van der Waals surface area (Å²) in [6.07, 6.45) is 3.60. The van der Waals surface area contributed by atoms with Gasteiger partial charge in [-0.1, -0.05) is 12.2 Å². The highest BCUT2D eigenvalue weighted by Gasteiger charge is 2.27. The molecule has 0 atom stereocenters. The van der Waals surface area contributed by atoms with Crippen LogP contribution in [-0.4, -0.2) is 16.5 Å². The van der Waals surface area contributed by atoms with E-state index in [9.17, 15) is 0 Å². The van der Waals surface area contributed by atoms with Gasteiger partial charge in [-0.05, 0) is 12.8 Å². The van der Waals surface area contributed by atoms with E-state index in [1.807, 2.05) is 0 Å². The summed E-state index contributed by atoms with van der Waals surface area (Å²) in [4.78, 5) is 7.92. The molecular weight excluding hydrogens is 194 g/mol. The summed E-state index contributed by atoms with van der Waals surface area (Å²) >= 11 is 5.30. The summed E-state index contributed by atoms with van der Waals surface area (Å²) in [5.41, 5.74) is 2.52. The second-order valence-electron chi connectivity index (χ2n) is 4.09. The van der Waals surface area contributed by atoms with E-state index in [1.165, 1.54) is 24.1 Å². The maximum Gasteiger partial charge on any atom is 0.134 e. The topological polar surface area (TPSA) is 40.7 Å². The van der Waals surface area contributed by atoms with Gasteiger partial charge in [0, 0.05) is 36.7 Å². The third-order valence-electron chi connectivity index (χ3n) is 2.94. The summed E-state index contributed by atoms with van der Waals surface area (Å²) < 4.78 is 0.799. The van der Waals surface area contributed by atoms with Crippen molar-refractivity contribution in [2.75, 3.05) is 6.54 Å². The molecule has 3 nitrogen and oxygen atoms in total. The van der Waals surface area contributed by atoms with Crippen molar-refractivity contribution >= 4 is 12.2 Å². The molecule has 0 aromatic carbocycles. The van der Waals surface area contributed by atoms with Crippen molar-refractivity contribution in [2.24, 2.45) is 0 Å². The summed E-state index contributed by atoms with van der Waals surface area (Å²) in [5.74, 6) is 1.78. The lowest BCUT2D eigenvalue weighted by Crippen LogP contribution is -2.25. The number of fused-ring (bicyclic) bond motifs is 1. The van der Waals surface area contributed by atoms with Crippen LogP contribution in [0.4, 0.5) is 0 Å². The number of nitrogens with one attached hydrogen (secondary N) is 2. The van der Waals surface area contributed by atoms with Gasteiger partial charge in [-0.3, -0.25) is 0 Å². The first-order chi connectivity index (χ1) is 6.84. The molecule has 1 fully saturated rings. The van der Waals surface area contributed by atoms with Crippen molar-refractivity contribution < 1.29 is 0 Å². The van der Waals surface area contributed by atoms with Gasteiger partial charge in [0.15, 0.2) is 0 Å². The average Bonchev–Trinajstić information content (AvgIpc) is 3.01. The van der Waals surface area contributed by atoms with Crippen LogP contribution >= 0.6 is 12.2 Å². The molecule has 2 heterocycles. The van der Waals surface area contributed by atoms with Gasteiger partial charge in [0.2, 0.25) is 0 Å². The van der Waals surface area contributed by atoms with E-state index < -0.39 is 0 Å². The molecule has 1 saturated carbocycles. The zero-order chi connectivity index (χ0) is 9.54. The van der Waals surface area contributed by atoms with Crippen molar-refractivity contribution in [3.05, 3.63) is 21.7 Å². The molecule has 0 amide bonds. The molecule has 74 valence electrons. The van der Waals surface area contributed by atoms with Gasteiger partial charge in [-0.15, -0.1) is 0 Å². The average molecular weight is 207 g/mol. The lowest BCUT2D eigenvalue weighted by Gasteiger charge is -2.17. The first-order valence-corrected chi connectivity index (χ1v) is 5.58. The standard InChI is InChI=1S/C10H13N3S/c14-10-7-5-11-4-3-8(7)12-9(13-10)6-1-2-6/h6,11H,1-5H2,(H,12,13,14). The quantitative estimate of drug-likeness (QED) is 0.688. The Kier molecular flexibility index (Phi) is 1.92. The summed E-state index contributed by atoms with van der Waals surface area (Å²) in [6, 6.07) is 0. The van der Waals surface area contributed by atoms with Crippen LogP contribution in [-0.2, 0) is 13.0 Å². The van der Waals surface area contributed by atoms with Crippen LogP contribution in [0, 0.1) is 4.64 Å². The zero-order valence-corrected chi connectivity index (χ0v) is 8.78. The van der Waals surface area contributed by atoms with E-state index in [0.29, 0.717) is 5.92 Å². The normalized spacial score (nSPS) is 20.6. The predicted octanol–water partition coefficient (Wildman–Crippen LogP) is 1.66. The predicted molar refractivity (Wildman–Crippen MR) is 56.8 cm³/mol. The maximum absolute atomic E-state index is 5.30. The monoisotopic (exact) mass is 207 g/mol. The fourth-order valence-electron chi connectivity index (χ4n) is 1.94. The second-order valence-corrected chi connectivity index (χ2v) is 4.47. The molecule has 1 aromatic heterocycles. The van der Waals surface area contributed by atoms with Crippen molar-refractivity contribution in [3.63, 3.8) is 0 Å². The number of hydrogen-bond acceptors (Lipinski definition) is 3. The molecule has 0 radical (unpaired) electrons. The first kappa shape index (κ1) is 8.56. The number of H-pyrrole nitrogens is 1. The SMILES string of the molecule is S=c1nc(C2CC2)[nH]c2c1CNCC2. The Bertz CT molecular complexity index is 420. The molecule has 1 aliphatic carbocycles. The molecule has 1 aromatic rings. The van der Waals surface area contributed by atoms with Gasteiger partial charge in [0.25, 0.3) is 0 Å². The summed E-state index contributed by atoms with van der Waals surface area (Å²) in [6.45, 7) is 1.93. The Hall–Kier alpha value is -0.740. The molecule has 0 spiro atoms. The zero-order valence-electron chi connectivity index (χ0n) is 7.97. The lowest BCUT2D eigenvalue weighted by molar-refractivity contribution is 0.617. The largest absolute Gasteiger partial charge is 0.347 e. The number of hydrogen-bond donors (Lipinski definition) is 2. The molecule has 0 unspecified atom stereocenters. The molecule has 2 N–H and O–H groups in total. The van der Waals surface area contributed by atoms with Gasteiger partial charge in [0.1, 0.15) is 10.5 Å². The molecule has 4 heteroatoms. The molecule has 2 aliphatic rings. The van der Waals surface area contributed by atoms with E-state index in [4.69, 9.17) is 12.2 Å². The van der Waals surface area contributed by atoms with Crippen molar-refractivity contribution in [2.45, 2.75) is 31.7 Å². The first-order valence-electron chi connectivity index (χ1n) is 5.17. The van der Waals surface area contributed by atoms with E-state index >= 15 is 0 Å². The Morgan fingerprint density at radius 1 is 1.36 bits per heavy atom. The third kappa shape index (κ3) is 1.38. The van der Waals surface area contributed by atoms with Crippen molar-refractivity contribution in [1.29, 1.82) is 0 Å². The van der Waals surface area contributed by atoms with Crippen LogP contribution in [0.5, 0.6) is 0 Å². The number of aromatic amines is 1. The van der Waals surface area contributed by atoms with Crippen LogP contribution in [0.2, 0.25) is 0 Å². The highest BCUT2D eigenvalue weighted by atomic mass is 32.1. The Labute approximate surface area is 88.0 Å². The molecule has 3 rings (SSSR count). The van der Waals surface area contributed by atoms with Crippen LogP contribution in [0.3, 0.4) is 0 Å². The minimum Gasteiger partial charge on any atom is -0.347 e. The molecule has 14 heavy (non-hydrogen) atoms. The third-order valence-corrected chi connectivity index (χ3v) is 3.28. The molecule has 0 bridgehead atoms. The molecule has 0 saturated heterocycles. The van der Waals surface area contributed by atoms with Gasteiger partial charge in [-0.2, -0.15) is 0 Å².